The first-order valence-corrected chi connectivity index (χ1v) is 15.6. The van der Waals surface area contributed by atoms with Gasteiger partial charge in [0, 0.05) is 21.4 Å². The fourth-order valence-electron chi connectivity index (χ4n) is 3.96. The maximum absolute atomic E-state index is 14.8. The van der Waals surface area contributed by atoms with E-state index in [2.05, 4.69) is 23.5 Å². The second-order valence-electron chi connectivity index (χ2n) is 9.92. The van der Waals surface area contributed by atoms with E-state index in [1.165, 1.54) is 12.1 Å². The number of benzene rings is 4. The predicted octanol–water partition coefficient (Wildman–Crippen LogP) is 9.50. The minimum Gasteiger partial charge on any atom is -0.492 e. The van der Waals surface area contributed by atoms with Crippen LogP contribution in [-0.2, 0) is 0 Å². The molecule has 4 aromatic carbocycles. The van der Waals surface area contributed by atoms with Crippen molar-refractivity contribution in [3.05, 3.63) is 116 Å². The molecule has 0 aliphatic heterocycles. The van der Waals surface area contributed by atoms with Crippen LogP contribution in [0.3, 0.4) is 0 Å². The zero-order chi connectivity index (χ0) is 32.0. The molecule has 0 atom stereocenters. The van der Waals surface area contributed by atoms with Gasteiger partial charge < -0.3 is 20.5 Å². The molecule has 226 valence electrons. The predicted molar refractivity (Wildman–Crippen MR) is 192 cm³/mol. The lowest BCUT2D eigenvalue weighted by Crippen LogP contribution is -2.11. The highest BCUT2D eigenvalue weighted by Gasteiger charge is 2.15. The van der Waals surface area contributed by atoms with Gasteiger partial charge >= 0.3 is 0 Å². The van der Waals surface area contributed by atoms with Gasteiger partial charge in [-0.15, -0.1) is 0 Å². The summed E-state index contributed by atoms with van der Waals surface area (Å²) in [6.07, 6.45) is 0. The second-order valence-corrected chi connectivity index (χ2v) is 12.2. The van der Waals surface area contributed by atoms with Crippen molar-refractivity contribution in [1.29, 1.82) is 5.41 Å². The van der Waals surface area contributed by atoms with Gasteiger partial charge in [0.15, 0.2) is 17.4 Å². The molecule has 0 saturated carbocycles. The molecule has 10 heteroatoms. The van der Waals surface area contributed by atoms with Crippen LogP contribution in [0.15, 0.2) is 102 Å². The first-order valence-electron chi connectivity index (χ1n) is 13.4. The quantitative estimate of drug-likeness (QED) is 0.0609. The highest BCUT2D eigenvalue weighted by molar-refractivity contribution is 14.1. The van der Waals surface area contributed by atoms with Crippen LogP contribution in [0.4, 0.5) is 20.2 Å². The number of nitrogens with zero attached hydrogens (tertiary/aromatic N) is 1. The zero-order valence-electron chi connectivity index (χ0n) is 24.1. The van der Waals surface area contributed by atoms with Crippen molar-refractivity contribution in [3.63, 3.8) is 0 Å². The van der Waals surface area contributed by atoms with Crippen molar-refractivity contribution in [2.24, 2.45) is 10.7 Å². The third kappa shape index (κ3) is 8.44. The molecule has 0 heterocycles. The smallest absolute Gasteiger partial charge is 0.214 e. The molecule has 6 nitrogen and oxygen atoms in total. The number of hydrogen-bond acceptors (Lipinski definition) is 5. The van der Waals surface area contributed by atoms with Crippen molar-refractivity contribution < 1.29 is 18.3 Å². The molecule has 4 N–H and O–H groups in total. The summed E-state index contributed by atoms with van der Waals surface area (Å²) >= 11 is 4.05. The Kier molecular flexibility index (Phi) is 11.1. The van der Waals surface area contributed by atoms with Crippen LogP contribution < -0.4 is 20.5 Å². The fourth-order valence-corrected chi connectivity index (χ4v) is 5.37. The summed E-state index contributed by atoms with van der Waals surface area (Å²) in [5.74, 6) is -0.260. The number of nitrogens with two attached hydrogens (primary N) is 1. The van der Waals surface area contributed by atoms with Crippen molar-refractivity contribution in [1.82, 2.24) is 0 Å². The van der Waals surface area contributed by atoms with E-state index in [0.29, 0.717) is 42.8 Å². The van der Waals surface area contributed by atoms with Crippen molar-refractivity contribution in [2.75, 3.05) is 18.5 Å². The lowest BCUT2D eigenvalue weighted by molar-refractivity contribution is 0.333. The van der Waals surface area contributed by atoms with Gasteiger partial charge in [-0.25, -0.2) is 13.8 Å². The summed E-state index contributed by atoms with van der Waals surface area (Å²) in [6, 6.07) is 21.6. The van der Waals surface area contributed by atoms with E-state index < -0.39 is 11.6 Å². The van der Waals surface area contributed by atoms with Crippen LogP contribution in [0.5, 0.6) is 11.5 Å². The molecule has 0 bridgehead atoms. The van der Waals surface area contributed by atoms with Crippen LogP contribution in [-0.4, -0.2) is 24.9 Å². The van der Waals surface area contributed by atoms with E-state index in [1.54, 1.807) is 13.8 Å². The summed E-state index contributed by atoms with van der Waals surface area (Å²) in [5.41, 5.74) is 11.0. The molecule has 44 heavy (non-hydrogen) atoms. The van der Waals surface area contributed by atoms with Gasteiger partial charge in [-0.3, -0.25) is 5.41 Å². The van der Waals surface area contributed by atoms with Crippen molar-refractivity contribution >= 4 is 68.3 Å². The number of amidine groups is 1. The number of rotatable bonds is 11. The molecule has 0 aliphatic rings. The maximum atomic E-state index is 14.8. The first-order chi connectivity index (χ1) is 20.9. The summed E-state index contributed by atoms with van der Waals surface area (Å²) in [4.78, 5) is 4.17. The van der Waals surface area contributed by atoms with Gasteiger partial charge in [-0.2, -0.15) is 0 Å². The SMILES string of the molecule is C=C(C)C(=N)Oc1c(F)cc(-c2ccc(NCCOc3ccc(-c4cc(F)c(N=C(N)C(=C)C)c(I)c4)cc3)cc2)cc1I. The van der Waals surface area contributed by atoms with Gasteiger partial charge in [0.2, 0.25) is 5.90 Å². The van der Waals surface area contributed by atoms with Gasteiger partial charge in [0.05, 0.1) is 3.57 Å². The standard InChI is InChI=1S/C34H30F2I2N4O2/c1-19(2)33(39)42-31-27(35)15-23(17-29(31)37)22-7-11-26(12-8-22)43-14-13-41-25-9-5-21(6-10-25)24-16-28(36)32(30(38)18-24)44-34(40)20(3)4/h5-12,15-18,40-41H,1,3,13-14H2,2,4H3,(H2,39,42). The zero-order valence-corrected chi connectivity index (χ0v) is 28.4. The van der Waals surface area contributed by atoms with E-state index in [9.17, 15) is 8.78 Å². The normalized spacial score (nSPS) is 11.2. The Bertz CT molecular complexity index is 1710. The third-order valence-corrected chi connectivity index (χ3v) is 8.01. The van der Waals surface area contributed by atoms with E-state index in [-0.39, 0.29) is 23.2 Å². The summed E-state index contributed by atoms with van der Waals surface area (Å²) in [6.45, 7) is 11.7. The minimum atomic E-state index is -0.542. The van der Waals surface area contributed by atoms with Crippen molar-refractivity contribution in [3.8, 4) is 33.8 Å². The average Bonchev–Trinajstić information content (AvgIpc) is 2.99. The van der Waals surface area contributed by atoms with Gasteiger partial charge in [-0.05, 0) is 135 Å². The third-order valence-electron chi connectivity index (χ3n) is 6.38. The monoisotopic (exact) mass is 818 g/mol. The van der Waals surface area contributed by atoms with Crippen molar-refractivity contribution in [2.45, 2.75) is 13.8 Å². The largest absolute Gasteiger partial charge is 0.492 e. The molecule has 4 rings (SSSR count). The topological polar surface area (TPSA) is 92.7 Å². The maximum Gasteiger partial charge on any atom is 0.214 e. The van der Waals surface area contributed by atoms with E-state index in [4.69, 9.17) is 20.6 Å². The molecular weight excluding hydrogens is 788 g/mol. The van der Waals surface area contributed by atoms with Gasteiger partial charge in [0.25, 0.3) is 0 Å². The first kappa shape index (κ1) is 33.1. The van der Waals surface area contributed by atoms with Crippen LogP contribution >= 0.6 is 45.2 Å². The highest BCUT2D eigenvalue weighted by atomic mass is 127. The number of halogens is 4. The minimum absolute atomic E-state index is 0.0174. The van der Waals surface area contributed by atoms with Crippen LogP contribution in [0, 0.1) is 24.2 Å². The lowest BCUT2D eigenvalue weighted by atomic mass is 10.0. The Hall–Kier alpha value is -3.78. The number of nitrogens with one attached hydrogen (secondary N) is 2. The Morgan fingerprint density at radius 2 is 1.41 bits per heavy atom. The van der Waals surface area contributed by atoms with Crippen LogP contribution in [0.2, 0.25) is 0 Å². The number of ether oxygens (including phenoxy) is 2. The average molecular weight is 818 g/mol. The number of hydrogen-bond donors (Lipinski definition) is 3. The van der Waals surface area contributed by atoms with E-state index in [0.717, 1.165) is 22.4 Å². The molecule has 0 saturated heterocycles. The summed E-state index contributed by atoms with van der Waals surface area (Å²) in [7, 11) is 0. The summed E-state index contributed by atoms with van der Waals surface area (Å²) in [5, 5.41) is 11.1. The second kappa shape index (κ2) is 14.8. The lowest BCUT2D eigenvalue weighted by Gasteiger charge is -2.12. The Morgan fingerprint density at radius 3 is 1.95 bits per heavy atom. The number of anilines is 1. The molecule has 0 fully saturated rings. The van der Waals surface area contributed by atoms with Crippen LogP contribution in [0.25, 0.3) is 22.3 Å². The summed E-state index contributed by atoms with van der Waals surface area (Å²) < 4.78 is 42.0. The molecule has 0 spiro atoms. The Balaban J connectivity index is 1.31. The van der Waals surface area contributed by atoms with E-state index in [1.807, 2.05) is 106 Å². The van der Waals surface area contributed by atoms with E-state index >= 15 is 0 Å². The Labute approximate surface area is 282 Å². The van der Waals surface area contributed by atoms with Gasteiger partial charge in [0.1, 0.15) is 23.9 Å². The molecule has 0 aromatic heterocycles. The van der Waals surface area contributed by atoms with Crippen LogP contribution in [0.1, 0.15) is 13.8 Å². The molecule has 0 aliphatic carbocycles. The fraction of sp³-hybridized carbons (Fsp3) is 0.118. The molecule has 0 unspecified atom stereocenters. The number of aliphatic imine (C=N–C) groups is 1. The molecule has 0 amide bonds. The molecular formula is C34H30F2I2N4O2. The highest BCUT2D eigenvalue weighted by Crippen LogP contribution is 2.33. The Morgan fingerprint density at radius 1 is 0.841 bits per heavy atom. The van der Waals surface area contributed by atoms with Gasteiger partial charge in [-0.1, -0.05) is 37.4 Å². The molecule has 4 aromatic rings. The molecule has 0 radical (unpaired) electrons.